The van der Waals surface area contributed by atoms with E-state index in [4.69, 9.17) is 23.2 Å². The highest BCUT2D eigenvalue weighted by molar-refractivity contribution is 6.31. The molecule has 154 valence electrons. The molecule has 0 aliphatic carbocycles. The molecule has 0 saturated carbocycles. The Morgan fingerprint density at radius 3 is 1.42 bits per heavy atom. The Morgan fingerprint density at radius 2 is 0.935 bits per heavy atom. The van der Waals surface area contributed by atoms with Crippen LogP contribution in [0.15, 0.2) is 103 Å². The highest BCUT2D eigenvalue weighted by atomic mass is 35.5. The largest absolute Gasteiger partial charge is 0.507 e. The van der Waals surface area contributed by atoms with Crippen LogP contribution in [-0.2, 0) is 0 Å². The van der Waals surface area contributed by atoms with E-state index in [9.17, 15) is 14.7 Å². The van der Waals surface area contributed by atoms with Crippen LogP contribution in [0.1, 0.15) is 31.8 Å². The van der Waals surface area contributed by atoms with Gasteiger partial charge in [-0.15, -0.1) is 0 Å². The fourth-order valence-electron chi connectivity index (χ4n) is 2.78. The summed E-state index contributed by atoms with van der Waals surface area (Å²) in [7, 11) is 0. The molecule has 0 saturated heterocycles. The Hall–Kier alpha value is -3.40. The molecule has 1 N–H and O–H groups in total. The second-order valence-corrected chi connectivity index (χ2v) is 7.43. The molecule has 0 aliphatic rings. The Labute approximate surface area is 190 Å². The third kappa shape index (κ3) is 6.05. The second-order valence-electron chi connectivity index (χ2n) is 6.56. The Balaban J connectivity index is 0.000000176. The molecule has 0 bridgehead atoms. The van der Waals surface area contributed by atoms with Crippen molar-refractivity contribution in [2.45, 2.75) is 0 Å². The lowest BCUT2D eigenvalue weighted by Gasteiger charge is -2.02. The first kappa shape index (κ1) is 22.3. The van der Waals surface area contributed by atoms with Crippen molar-refractivity contribution >= 4 is 34.8 Å². The maximum atomic E-state index is 12.0. The van der Waals surface area contributed by atoms with E-state index in [1.54, 1.807) is 91.0 Å². The van der Waals surface area contributed by atoms with Crippen LogP contribution in [-0.4, -0.2) is 16.7 Å². The van der Waals surface area contributed by atoms with Gasteiger partial charge in [-0.25, -0.2) is 0 Å². The molecule has 4 rings (SSSR count). The molecular weight excluding hydrogens is 431 g/mol. The first-order valence-electron chi connectivity index (χ1n) is 9.39. The summed E-state index contributed by atoms with van der Waals surface area (Å²) in [6, 6.07) is 29.1. The third-order valence-electron chi connectivity index (χ3n) is 4.40. The fourth-order valence-corrected chi connectivity index (χ4v) is 3.03. The minimum absolute atomic E-state index is 0.0198. The number of rotatable bonds is 4. The Morgan fingerprint density at radius 1 is 0.516 bits per heavy atom. The average molecular weight is 449 g/mol. The fraction of sp³-hybridized carbons (Fsp3) is 0. The second kappa shape index (κ2) is 10.6. The van der Waals surface area contributed by atoms with Crippen molar-refractivity contribution in [3.63, 3.8) is 0 Å². The molecule has 0 atom stereocenters. The molecule has 0 amide bonds. The van der Waals surface area contributed by atoms with Crippen LogP contribution in [0.25, 0.3) is 0 Å². The zero-order chi connectivity index (χ0) is 22.2. The lowest BCUT2D eigenvalue weighted by molar-refractivity contribution is 0.102. The van der Waals surface area contributed by atoms with Crippen LogP contribution in [0.2, 0.25) is 10.0 Å². The van der Waals surface area contributed by atoms with E-state index in [2.05, 4.69) is 0 Å². The van der Waals surface area contributed by atoms with Crippen LogP contribution >= 0.6 is 23.2 Å². The molecule has 0 heterocycles. The highest BCUT2D eigenvalue weighted by Crippen LogP contribution is 2.19. The van der Waals surface area contributed by atoms with E-state index < -0.39 is 0 Å². The molecule has 4 aromatic carbocycles. The maximum absolute atomic E-state index is 12.0. The summed E-state index contributed by atoms with van der Waals surface area (Å²) in [6.07, 6.45) is 0. The van der Waals surface area contributed by atoms with E-state index in [-0.39, 0.29) is 17.3 Å². The van der Waals surface area contributed by atoms with Crippen LogP contribution < -0.4 is 0 Å². The number of carbonyl (C=O) groups excluding carboxylic acids is 2. The number of para-hydroxylation sites is 1. The lowest BCUT2D eigenvalue weighted by Crippen LogP contribution is -2.00. The van der Waals surface area contributed by atoms with Gasteiger partial charge >= 0.3 is 0 Å². The molecule has 5 heteroatoms. The van der Waals surface area contributed by atoms with Gasteiger partial charge in [-0.2, -0.15) is 0 Å². The molecule has 0 fully saturated rings. The average Bonchev–Trinajstić information content (AvgIpc) is 2.80. The number of carbonyl (C=O) groups is 2. The molecule has 0 aliphatic heterocycles. The number of halogens is 2. The minimum atomic E-state index is -0.159. The standard InChI is InChI=1S/C13H8Cl2O.C13H10O2/c14-11-5-1-9(2-6-11)13(16)10-3-7-12(15)8-4-10;14-12-9-5-4-8-11(12)13(15)10-6-2-1-3-7-10/h1-8H;1-9,14H. The molecule has 0 spiro atoms. The quantitative estimate of drug-likeness (QED) is 0.347. The van der Waals surface area contributed by atoms with Crippen LogP contribution in [0.5, 0.6) is 5.75 Å². The topological polar surface area (TPSA) is 54.4 Å². The van der Waals surface area contributed by atoms with Crippen molar-refractivity contribution in [3.8, 4) is 5.75 Å². The summed E-state index contributed by atoms with van der Waals surface area (Å²) in [4.78, 5) is 23.9. The van der Waals surface area contributed by atoms with Crippen LogP contribution in [0.4, 0.5) is 0 Å². The van der Waals surface area contributed by atoms with Gasteiger partial charge in [0.1, 0.15) is 5.75 Å². The van der Waals surface area contributed by atoms with Crippen molar-refractivity contribution in [3.05, 3.63) is 135 Å². The first-order valence-corrected chi connectivity index (χ1v) is 10.1. The van der Waals surface area contributed by atoms with Crippen molar-refractivity contribution in [1.29, 1.82) is 0 Å². The summed E-state index contributed by atoms with van der Waals surface area (Å²) in [6.45, 7) is 0. The number of hydrogen-bond donors (Lipinski definition) is 1. The zero-order valence-electron chi connectivity index (χ0n) is 16.3. The first-order chi connectivity index (χ1) is 15.0. The van der Waals surface area contributed by atoms with Crippen LogP contribution in [0, 0.1) is 0 Å². The van der Waals surface area contributed by atoms with Gasteiger partial charge in [-0.1, -0.05) is 65.7 Å². The van der Waals surface area contributed by atoms with Gasteiger partial charge in [0.2, 0.25) is 0 Å². The van der Waals surface area contributed by atoms with Crippen molar-refractivity contribution in [2.24, 2.45) is 0 Å². The third-order valence-corrected chi connectivity index (χ3v) is 4.90. The summed E-state index contributed by atoms with van der Waals surface area (Å²) < 4.78 is 0. The van der Waals surface area contributed by atoms with Gasteiger partial charge in [0, 0.05) is 26.7 Å². The van der Waals surface area contributed by atoms with Gasteiger partial charge < -0.3 is 5.11 Å². The molecule has 0 aromatic heterocycles. The predicted octanol–water partition coefficient (Wildman–Crippen LogP) is 6.85. The Kier molecular flexibility index (Phi) is 7.60. The summed E-state index contributed by atoms with van der Waals surface area (Å²) in [5.74, 6) is -0.173. The van der Waals surface area contributed by atoms with Crippen molar-refractivity contribution in [1.82, 2.24) is 0 Å². The van der Waals surface area contributed by atoms with Crippen LogP contribution in [0.3, 0.4) is 0 Å². The summed E-state index contributed by atoms with van der Waals surface area (Å²) >= 11 is 11.5. The molecule has 31 heavy (non-hydrogen) atoms. The minimum Gasteiger partial charge on any atom is -0.507 e. The molecule has 4 aromatic rings. The van der Waals surface area contributed by atoms with E-state index in [0.717, 1.165) is 0 Å². The maximum Gasteiger partial charge on any atom is 0.196 e. The van der Waals surface area contributed by atoms with Crippen molar-refractivity contribution in [2.75, 3.05) is 0 Å². The van der Waals surface area contributed by atoms with Gasteiger partial charge in [0.25, 0.3) is 0 Å². The highest BCUT2D eigenvalue weighted by Gasteiger charge is 2.11. The molecule has 0 radical (unpaired) electrons. The lowest BCUT2D eigenvalue weighted by atomic mass is 10.0. The van der Waals surface area contributed by atoms with Gasteiger partial charge in [0.15, 0.2) is 11.6 Å². The van der Waals surface area contributed by atoms with E-state index in [1.807, 2.05) is 6.07 Å². The Bertz CT molecular complexity index is 1120. The van der Waals surface area contributed by atoms with Gasteiger partial charge in [-0.05, 0) is 60.7 Å². The number of phenolic OH excluding ortho intramolecular Hbond substituents is 1. The predicted molar refractivity (Wildman–Crippen MR) is 124 cm³/mol. The van der Waals surface area contributed by atoms with E-state index >= 15 is 0 Å². The number of hydrogen-bond acceptors (Lipinski definition) is 3. The number of phenols is 1. The molecule has 0 unspecified atom stereocenters. The summed E-state index contributed by atoms with van der Waals surface area (Å²) in [5, 5.41) is 10.8. The zero-order valence-corrected chi connectivity index (χ0v) is 17.8. The number of aromatic hydroxyl groups is 1. The van der Waals surface area contributed by atoms with Gasteiger partial charge in [0.05, 0.1) is 5.56 Å². The normalized spacial score (nSPS) is 10.0. The summed E-state index contributed by atoms with van der Waals surface area (Å²) in [5.41, 5.74) is 2.15. The van der Waals surface area contributed by atoms with Gasteiger partial charge in [-0.3, -0.25) is 9.59 Å². The number of ketones is 2. The molecule has 3 nitrogen and oxygen atoms in total. The SMILES string of the molecule is O=C(c1ccc(Cl)cc1)c1ccc(Cl)cc1.O=C(c1ccccc1)c1ccccc1O. The van der Waals surface area contributed by atoms with E-state index in [0.29, 0.717) is 32.3 Å². The number of benzene rings is 4. The monoisotopic (exact) mass is 448 g/mol. The van der Waals surface area contributed by atoms with Crippen molar-refractivity contribution < 1.29 is 14.7 Å². The molecular formula is C26H18Cl2O3. The smallest absolute Gasteiger partial charge is 0.196 e. The van der Waals surface area contributed by atoms with E-state index in [1.165, 1.54) is 6.07 Å².